The minimum Gasteiger partial charge on any atom is -0.0985 e. The normalized spacial score (nSPS) is 19.4. The van der Waals surface area contributed by atoms with E-state index in [0.29, 0.717) is 0 Å². The zero-order valence-corrected chi connectivity index (χ0v) is 5.50. The number of hydrogen-bond donors (Lipinski definition) is 0. The van der Waals surface area contributed by atoms with Crippen LogP contribution in [0.2, 0.25) is 0 Å². The first-order chi connectivity index (χ1) is 7.29. The summed E-state index contributed by atoms with van der Waals surface area (Å²) in [7, 11) is 3.01. The first kappa shape index (κ1) is 1.83. The van der Waals surface area contributed by atoms with Gasteiger partial charge in [0.25, 0.3) is 0 Å². The second-order valence-electron chi connectivity index (χ2n) is 1.38. The van der Waals surface area contributed by atoms with E-state index in [1.165, 1.54) is 0 Å². The standard InChI is InChI=1S/C8H7Si/c1-2-7-5-3-4-6-8(7)9/h2-6H,1H2/i1D2,2D,3D,4D,5D,6D. The van der Waals surface area contributed by atoms with Crippen LogP contribution in [0, 0.1) is 0 Å². The average Bonchev–Trinajstić information content (AvgIpc) is 2.23. The molecule has 0 atom stereocenters. The molecular weight excluding hydrogens is 124 g/mol. The van der Waals surface area contributed by atoms with Gasteiger partial charge in [0, 0.05) is 0 Å². The summed E-state index contributed by atoms with van der Waals surface area (Å²) in [5.41, 5.74) is -0.164. The van der Waals surface area contributed by atoms with Gasteiger partial charge in [-0.1, -0.05) is 41.9 Å². The van der Waals surface area contributed by atoms with Crippen LogP contribution in [-0.2, 0) is 0 Å². The third-order valence-corrected chi connectivity index (χ3v) is 1.19. The summed E-state index contributed by atoms with van der Waals surface area (Å²) in [6.45, 7) is -0.801. The fraction of sp³-hybridized carbons (Fsp3) is 0. The largest absolute Gasteiger partial charge is 0.0985 e. The maximum atomic E-state index is 7.55. The van der Waals surface area contributed by atoms with Crippen molar-refractivity contribution in [2.75, 3.05) is 0 Å². The van der Waals surface area contributed by atoms with Crippen molar-refractivity contribution < 1.29 is 9.60 Å². The molecule has 1 heteroatoms. The summed E-state index contributed by atoms with van der Waals surface area (Å²) < 4.78 is 51.3. The van der Waals surface area contributed by atoms with Crippen molar-refractivity contribution in [1.82, 2.24) is 0 Å². The van der Waals surface area contributed by atoms with Crippen LogP contribution >= 0.6 is 0 Å². The van der Waals surface area contributed by atoms with E-state index in [9.17, 15) is 0 Å². The van der Waals surface area contributed by atoms with Gasteiger partial charge in [-0.15, -0.1) is 0 Å². The van der Waals surface area contributed by atoms with Gasteiger partial charge in [-0.05, 0) is 5.56 Å². The molecule has 0 fully saturated rings. The molecule has 0 unspecified atom stereocenters. The zero-order chi connectivity index (χ0) is 12.6. The maximum absolute atomic E-state index is 7.55. The lowest BCUT2D eigenvalue weighted by Crippen LogP contribution is -2.04. The van der Waals surface area contributed by atoms with E-state index >= 15 is 0 Å². The van der Waals surface area contributed by atoms with E-state index in [4.69, 9.17) is 9.60 Å². The molecule has 0 saturated heterocycles. The van der Waals surface area contributed by atoms with Crippen LogP contribution in [0.15, 0.2) is 30.7 Å². The third kappa shape index (κ3) is 1.30. The molecule has 1 aromatic rings. The molecule has 0 aliphatic heterocycles. The van der Waals surface area contributed by atoms with Gasteiger partial charge in [-0.3, -0.25) is 0 Å². The lowest BCUT2D eigenvalue weighted by Gasteiger charge is -1.95. The Morgan fingerprint density at radius 1 is 1.78 bits per heavy atom. The first-order valence-electron chi connectivity index (χ1n) is 5.75. The molecule has 0 heterocycles. The van der Waals surface area contributed by atoms with E-state index in [1.54, 1.807) is 0 Å². The highest BCUT2D eigenvalue weighted by molar-refractivity contribution is 6.34. The van der Waals surface area contributed by atoms with Gasteiger partial charge in [0.05, 0.1) is 19.8 Å². The van der Waals surface area contributed by atoms with Gasteiger partial charge in [0.2, 0.25) is 0 Å². The summed E-state index contributed by atoms with van der Waals surface area (Å²) in [6, 6.07) is -2.18. The fourth-order valence-electron chi connectivity index (χ4n) is 0.406. The van der Waals surface area contributed by atoms with Gasteiger partial charge in [0.15, 0.2) is 0 Å². The lowest BCUT2D eigenvalue weighted by molar-refractivity contribution is 1.72. The highest BCUT2D eigenvalue weighted by atomic mass is 28.1. The monoisotopic (exact) mass is 138 g/mol. The molecule has 0 aliphatic rings. The smallest absolute Gasteiger partial charge is 0.0720 e. The fourth-order valence-corrected chi connectivity index (χ4v) is 0.594. The van der Waals surface area contributed by atoms with E-state index in [1.807, 2.05) is 0 Å². The molecule has 0 aromatic heterocycles. The Morgan fingerprint density at radius 3 is 3.33 bits per heavy atom. The van der Waals surface area contributed by atoms with Gasteiger partial charge in [0.1, 0.15) is 0 Å². The SMILES string of the molecule is [2H]C([2H])=C([2H])c1c([2H])c([2H])c([2H])c([2H])c1[Si]. The van der Waals surface area contributed by atoms with E-state index < -0.39 is 30.7 Å². The summed E-state index contributed by atoms with van der Waals surface area (Å²) >= 11 is 0. The molecule has 0 nitrogen and oxygen atoms in total. The van der Waals surface area contributed by atoms with Crippen molar-refractivity contribution in [3.8, 4) is 0 Å². The lowest BCUT2D eigenvalue weighted by atomic mass is 10.2. The molecule has 9 heavy (non-hydrogen) atoms. The number of benzene rings is 1. The van der Waals surface area contributed by atoms with Crippen molar-refractivity contribution >= 4 is 21.5 Å². The Balaban J connectivity index is 3.72. The Bertz CT molecular complexity index is 447. The van der Waals surface area contributed by atoms with Crippen LogP contribution in [-0.4, -0.2) is 10.2 Å². The Hall–Kier alpha value is -0.823. The van der Waals surface area contributed by atoms with Crippen LogP contribution in [0.4, 0.5) is 0 Å². The average molecular weight is 138 g/mol. The number of rotatable bonds is 1. The van der Waals surface area contributed by atoms with Gasteiger partial charge in [-0.25, -0.2) is 0 Å². The van der Waals surface area contributed by atoms with Crippen molar-refractivity contribution in [2.45, 2.75) is 0 Å². The molecule has 1 aromatic carbocycles. The molecule has 0 saturated carbocycles. The van der Waals surface area contributed by atoms with Crippen molar-refractivity contribution in [2.24, 2.45) is 0 Å². The quantitative estimate of drug-likeness (QED) is 0.510. The second kappa shape index (κ2) is 2.64. The Labute approximate surface area is 68.5 Å². The number of hydrogen-bond acceptors (Lipinski definition) is 0. The molecule has 0 bridgehead atoms. The van der Waals surface area contributed by atoms with E-state index in [-0.39, 0.29) is 16.8 Å². The van der Waals surface area contributed by atoms with E-state index in [0.717, 1.165) is 0 Å². The van der Waals surface area contributed by atoms with Gasteiger partial charge in [-0.2, -0.15) is 0 Å². The van der Waals surface area contributed by atoms with Crippen molar-refractivity contribution in [3.05, 3.63) is 36.3 Å². The van der Waals surface area contributed by atoms with Crippen molar-refractivity contribution in [3.63, 3.8) is 0 Å². The predicted molar refractivity (Wildman–Crippen MR) is 41.9 cm³/mol. The van der Waals surface area contributed by atoms with Crippen molar-refractivity contribution in [1.29, 1.82) is 0 Å². The topological polar surface area (TPSA) is 0 Å². The van der Waals surface area contributed by atoms with Crippen LogP contribution in [0.3, 0.4) is 0 Å². The second-order valence-corrected chi connectivity index (χ2v) is 1.88. The maximum Gasteiger partial charge on any atom is 0.0720 e. The zero-order valence-electron chi connectivity index (χ0n) is 11.5. The van der Waals surface area contributed by atoms with Crippen LogP contribution in [0.1, 0.15) is 15.2 Å². The van der Waals surface area contributed by atoms with Crippen LogP contribution < -0.4 is 5.19 Å². The summed E-state index contributed by atoms with van der Waals surface area (Å²) in [6.07, 6.45) is 0. The molecule has 1 rings (SSSR count). The summed E-state index contributed by atoms with van der Waals surface area (Å²) in [4.78, 5) is 0. The van der Waals surface area contributed by atoms with Crippen LogP contribution in [0.5, 0.6) is 0 Å². The van der Waals surface area contributed by atoms with Crippen LogP contribution in [0.25, 0.3) is 6.05 Å². The third-order valence-electron chi connectivity index (χ3n) is 0.812. The molecule has 43 valence electrons. The minimum atomic E-state index is -0.801. The highest BCUT2D eigenvalue weighted by Crippen LogP contribution is 1.94. The van der Waals surface area contributed by atoms with Gasteiger partial charge < -0.3 is 0 Å². The predicted octanol–water partition coefficient (Wildman–Crippen LogP) is 1.12. The molecule has 3 radical (unpaired) electrons. The Morgan fingerprint density at radius 2 is 2.56 bits per heavy atom. The van der Waals surface area contributed by atoms with E-state index in [2.05, 4.69) is 10.2 Å². The Kier molecular flexibility index (Phi) is 0.537. The summed E-state index contributed by atoms with van der Waals surface area (Å²) in [5.74, 6) is 0. The molecule has 0 spiro atoms. The van der Waals surface area contributed by atoms with Gasteiger partial charge >= 0.3 is 0 Å². The first-order valence-corrected chi connectivity index (χ1v) is 2.75. The minimum absolute atomic E-state index is 0.00648. The molecular formula is C8H7Si. The summed E-state index contributed by atoms with van der Waals surface area (Å²) in [5, 5.41) is -0.00648. The molecule has 0 aliphatic carbocycles. The molecule has 0 N–H and O–H groups in total. The molecule has 0 amide bonds. The highest BCUT2D eigenvalue weighted by Gasteiger charge is 1.86.